The third-order valence-electron chi connectivity index (χ3n) is 6.56. The van der Waals surface area contributed by atoms with Crippen LogP contribution in [-0.4, -0.2) is 38.0 Å². The summed E-state index contributed by atoms with van der Waals surface area (Å²) in [5.41, 5.74) is 7.02. The molecule has 0 radical (unpaired) electrons. The van der Waals surface area contributed by atoms with E-state index in [0.29, 0.717) is 50.6 Å². The number of thiazole rings is 2. The van der Waals surface area contributed by atoms with Crippen LogP contribution in [0.25, 0.3) is 21.5 Å². The minimum atomic E-state index is -3.78. The molecule has 0 fully saturated rings. The van der Waals surface area contributed by atoms with Gasteiger partial charge in [-0.05, 0) is 35.9 Å². The fourth-order valence-corrected chi connectivity index (χ4v) is 8.31. The highest BCUT2D eigenvalue weighted by Gasteiger charge is 2.20. The molecule has 12 nitrogen and oxygen atoms in total. The van der Waals surface area contributed by atoms with Crippen LogP contribution >= 0.6 is 34.3 Å². The van der Waals surface area contributed by atoms with Gasteiger partial charge in [0.1, 0.15) is 0 Å². The van der Waals surface area contributed by atoms with Gasteiger partial charge in [0.2, 0.25) is 11.1 Å². The van der Waals surface area contributed by atoms with Crippen molar-refractivity contribution < 1.29 is 26.4 Å². The summed E-state index contributed by atoms with van der Waals surface area (Å²) in [5, 5.41) is 9.09. The largest absolute Gasteiger partial charge is 0.398 e. The molecule has 0 aliphatic rings. The van der Waals surface area contributed by atoms with E-state index in [0.717, 1.165) is 5.39 Å². The third kappa shape index (κ3) is 9.73. The molecule has 1 amide bonds. The number of anilines is 4. The molecule has 2 aromatic heterocycles. The number of fused-ring (bicyclic) bond motifs is 2. The van der Waals surface area contributed by atoms with Gasteiger partial charge >= 0.3 is 0 Å². The Balaban J connectivity index is 0.000000197. The van der Waals surface area contributed by atoms with E-state index >= 15 is 0 Å². The van der Waals surface area contributed by atoms with Gasteiger partial charge in [0.25, 0.3) is 20.0 Å². The highest BCUT2D eigenvalue weighted by atomic mass is 35.5. The number of nitrogen functional groups attached to an aromatic ring is 1. The zero-order valence-corrected chi connectivity index (χ0v) is 30.1. The lowest BCUT2D eigenvalue weighted by molar-refractivity contribution is -0.116. The summed E-state index contributed by atoms with van der Waals surface area (Å²) in [7, 11) is -7.46. The zero-order chi connectivity index (χ0) is 35.6. The van der Waals surface area contributed by atoms with Crippen LogP contribution in [0.3, 0.4) is 0 Å². The van der Waals surface area contributed by atoms with E-state index in [-0.39, 0.29) is 20.9 Å². The Bertz CT molecular complexity index is 2280. The van der Waals surface area contributed by atoms with Gasteiger partial charge in [-0.2, -0.15) is 0 Å². The molecule has 0 atom stereocenters. The number of hydrogen-bond acceptors (Lipinski definition) is 11. The van der Waals surface area contributed by atoms with Crippen molar-refractivity contribution in [2.45, 2.75) is 36.5 Å². The number of aromatic nitrogens is 2. The van der Waals surface area contributed by atoms with Crippen molar-refractivity contribution >= 4 is 109 Å². The Kier molecular flexibility index (Phi) is 12.7. The van der Waals surface area contributed by atoms with E-state index in [9.17, 15) is 26.4 Å². The van der Waals surface area contributed by atoms with Gasteiger partial charge in [-0.15, -0.1) is 22.7 Å². The molecule has 0 saturated heterocycles. The molecule has 0 bridgehead atoms. The second-order valence-electron chi connectivity index (χ2n) is 9.85. The minimum Gasteiger partial charge on any atom is -0.398 e. The minimum absolute atomic E-state index is 0.128. The summed E-state index contributed by atoms with van der Waals surface area (Å²) in [5.74, 6) is -0.128. The maximum Gasteiger partial charge on any atom is 0.264 e. The molecule has 6 aromatic rings. The summed E-state index contributed by atoms with van der Waals surface area (Å²) in [6, 6.07) is 20.4. The fourth-order valence-electron chi connectivity index (χ4n) is 4.29. The second kappa shape index (κ2) is 16.7. The number of amides is 1. The second-order valence-corrected chi connectivity index (χ2v) is 15.4. The third-order valence-corrected chi connectivity index (χ3v) is 11.3. The van der Waals surface area contributed by atoms with Gasteiger partial charge in [-0.25, -0.2) is 26.8 Å². The van der Waals surface area contributed by atoms with Gasteiger partial charge in [-0.3, -0.25) is 19.0 Å². The molecule has 256 valence electrons. The average Bonchev–Trinajstić information content (AvgIpc) is 3.79. The number of sulfonamides is 2. The molecule has 4 aromatic carbocycles. The Hall–Kier alpha value is -4.61. The van der Waals surface area contributed by atoms with Crippen LogP contribution in [0.1, 0.15) is 26.7 Å². The molecular formula is C32H31ClN6O6S4. The van der Waals surface area contributed by atoms with E-state index in [1.165, 1.54) is 34.9 Å². The molecule has 0 spiro atoms. The van der Waals surface area contributed by atoms with Crippen molar-refractivity contribution in [1.29, 1.82) is 0 Å². The smallest absolute Gasteiger partial charge is 0.264 e. The van der Waals surface area contributed by atoms with Crippen molar-refractivity contribution in [3.63, 3.8) is 0 Å². The number of benzene rings is 4. The molecule has 0 unspecified atom stereocenters. The Morgan fingerprint density at radius 3 is 1.61 bits per heavy atom. The first kappa shape index (κ1) is 37.2. The molecular weight excluding hydrogens is 728 g/mol. The molecule has 5 N–H and O–H groups in total. The van der Waals surface area contributed by atoms with Crippen molar-refractivity contribution in [2.75, 3.05) is 20.5 Å². The SMILES string of the molecule is CCC(=O)Cl.CCC(=O)Nc1cccc2c(S(=O)(=O)Nc3nccs3)cccc12.Nc1cccc2c(S(=O)(=O)Nc3nccs3)cccc12. The van der Waals surface area contributed by atoms with Crippen molar-refractivity contribution in [2.24, 2.45) is 0 Å². The van der Waals surface area contributed by atoms with Crippen LogP contribution < -0.4 is 20.5 Å². The number of hydrogen-bond donors (Lipinski definition) is 4. The lowest BCUT2D eigenvalue weighted by Crippen LogP contribution is -2.14. The van der Waals surface area contributed by atoms with Gasteiger partial charge in [0.15, 0.2) is 10.3 Å². The number of rotatable bonds is 9. The first-order valence-corrected chi connectivity index (χ1v) is 19.6. The maximum atomic E-state index is 12.7. The van der Waals surface area contributed by atoms with Crippen molar-refractivity contribution in [3.8, 4) is 0 Å². The van der Waals surface area contributed by atoms with Gasteiger partial charge in [0.05, 0.1) is 9.79 Å². The van der Waals surface area contributed by atoms with E-state index in [2.05, 4.69) is 24.7 Å². The molecule has 49 heavy (non-hydrogen) atoms. The van der Waals surface area contributed by atoms with Gasteiger partial charge in [0, 0.05) is 68.9 Å². The normalized spacial score (nSPS) is 11.1. The number of nitrogens with two attached hydrogens (primary N) is 1. The van der Waals surface area contributed by atoms with E-state index in [1.807, 2.05) is 0 Å². The Labute approximate surface area is 296 Å². The number of carbonyl (C=O) groups excluding carboxylic acids is 2. The molecule has 17 heteroatoms. The molecule has 0 saturated carbocycles. The van der Waals surface area contributed by atoms with Crippen LogP contribution in [0.15, 0.2) is 106 Å². The predicted molar refractivity (Wildman–Crippen MR) is 198 cm³/mol. The average molecular weight is 759 g/mol. The monoisotopic (exact) mass is 758 g/mol. The topological polar surface area (TPSA) is 190 Å². The number of nitrogens with zero attached hydrogens (tertiary/aromatic N) is 2. The van der Waals surface area contributed by atoms with Crippen LogP contribution in [0.5, 0.6) is 0 Å². The van der Waals surface area contributed by atoms with Crippen molar-refractivity contribution in [1.82, 2.24) is 9.97 Å². The van der Waals surface area contributed by atoms with Crippen LogP contribution in [0.4, 0.5) is 21.6 Å². The highest BCUT2D eigenvalue weighted by Crippen LogP contribution is 2.31. The van der Waals surface area contributed by atoms with Crippen LogP contribution in [0.2, 0.25) is 0 Å². The predicted octanol–water partition coefficient (Wildman–Crippen LogP) is 7.29. The molecule has 6 rings (SSSR count). The Morgan fingerprint density at radius 1 is 0.694 bits per heavy atom. The van der Waals surface area contributed by atoms with E-state index < -0.39 is 20.0 Å². The first-order valence-electron chi connectivity index (χ1n) is 14.5. The van der Waals surface area contributed by atoms with E-state index in [1.54, 1.807) is 97.5 Å². The van der Waals surface area contributed by atoms with Crippen LogP contribution in [0, 0.1) is 0 Å². The molecule has 2 heterocycles. The first-order chi connectivity index (χ1) is 23.4. The quantitative estimate of drug-likeness (QED) is 0.0867. The number of carbonyl (C=O) groups is 2. The number of halogens is 1. The summed E-state index contributed by atoms with van der Waals surface area (Å²) in [6.45, 7) is 3.48. The summed E-state index contributed by atoms with van der Waals surface area (Å²) in [4.78, 5) is 29.5. The zero-order valence-electron chi connectivity index (χ0n) is 26.1. The summed E-state index contributed by atoms with van der Waals surface area (Å²) in [6.07, 6.45) is 3.86. The van der Waals surface area contributed by atoms with E-state index in [4.69, 9.17) is 17.3 Å². The maximum absolute atomic E-state index is 12.7. The fraction of sp³-hybridized carbons (Fsp3) is 0.125. The molecule has 0 aliphatic carbocycles. The van der Waals surface area contributed by atoms with Crippen molar-refractivity contribution in [3.05, 3.63) is 96.0 Å². The van der Waals surface area contributed by atoms with Gasteiger partial charge < -0.3 is 11.1 Å². The lowest BCUT2D eigenvalue weighted by atomic mass is 10.1. The van der Waals surface area contributed by atoms with Gasteiger partial charge in [-0.1, -0.05) is 62.4 Å². The number of nitrogens with one attached hydrogen (secondary N) is 3. The summed E-state index contributed by atoms with van der Waals surface area (Å²) >= 11 is 7.26. The standard InChI is InChI=1S/C16H15N3O3S2.C13H11N3O2S2.C3H5ClO/c1-2-15(20)18-13-7-3-6-12-11(13)5-4-8-14(12)24(21,22)19-16-17-9-10-23-16;14-11-5-1-4-10-9(11)3-2-6-12(10)20(17,18)16-13-15-7-8-19-13;1-2-3(4)5/h3-10H,2H2,1H3,(H,17,19)(H,18,20);1-8H,14H2,(H,15,16);2H2,1H3. The highest BCUT2D eigenvalue weighted by molar-refractivity contribution is 7.93. The molecule has 0 aliphatic heterocycles. The summed E-state index contributed by atoms with van der Waals surface area (Å²) < 4.78 is 55.2. The van der Waals surface area contributed by atoms with Crippen LogP contribution in [-0.2, 0) is 29.6 Å². The lowest BCUT2D eigenvalue weighted by Gasteiger charge is -2.12. The Morgan fingerprint density at radius 2 is 1.14 bits per heavy atom.